The molecule has 5 nitrogen and oxygen atoms in total. The zero-order chi connectivity index (χ0) is 15.1. The monoisotopic (exact) mass is 315 g/mol. The number of hydrogen-bond acceptors (Lipinski definition) is 4. The van der Waals surface area contributed by atoms with E-state index in [0.29, 0.717) is 6.04 Å². The summed E-state index contributed by atoms with van der Waals surface area (Å²) in [5, 5.41) is 7.78. The van der Waals surface area contributed by atoms with Gasteiger partial charge in [-0.3, -0.25) is 4.99 Å². The fourth-order valence-corrected chi connectivity index (χ4v) is 3.91. The number of guanidine groups is 1. The van der Waals surface area contributed by atoms with Crippen LogP contribution in [-0.4, -0.2) is 63.0 Å². The summed E-state index contributed by atoms with van der Waals surface area (Å²) in [5.74, 6) is 0.893. The van der Waals surface area contributed by atoms with Crippen molar-refractivity contribution in [1.29, 1.82) is 0 Å². The molecule has 1 saturated carbocycles. The minimum absolute atomic E-state index is 0.118. The molecule has 2 rings (SSSR count). The molecule has 122 valence electrons. The SMILES string of the molecule is CN=C(NCC1(OC)CCOCC1)NC1CCC(SC)C1. The van der Waals surface area contributed by atoms with Crippen molar-refractivity contribution in [1.82, 2.24) is 10.6 Å². The first-order valence-corrected chi connectivity index (χ1v) is 9.13. The van der Waals surface area contributed by atoms with Crippen molar-refractivity contribution in [2.45, 2.75) is 49.0 Å². The van der Waals surface area contributed by atoms with Crippen LogP contribution < -0.4 is 10.6 Å². The first-order valence-electron chi connectivity index (χ1n) is 7.84. The summed E-state index contributed by atoms with van der Waals surface area (Å²) in [6.45, 7) is 2.34. The molecule has 0 spiro atoms. The van der Waals surface area contributed by atoms with Crippen molar-refractivity contribution in [3.63, 3.8) is 0 Å². The molecule has 21 heavy (non-hydrogen) atoms. The molecule has 2 aliphatic rings. The second-order valence-electron chi connectivity index (χ2n) is 5.94. The topological polar surface area (TPSA) is 54.9 Å². The number of hydrogen-bond donors (Lipinski definition) is 2. The van der Waals surface area contributed by atoms with Gasteiger partial charge in [0.1, 0.15) is 0 Å². The average Bonchev–Trinajstić information content (AvgIpc) is 3.00. The van der Waals surface area contributed by atoms with E-state index in [1.807, 2.05) is 18.8 Å². The Labute approximate surface area is 132 Å². The van der Waals surface area contributed by atoms with Gasteiger partial charge in [0, 0.05) is 58.0 Å². The highest BCUT2D eigenvalue weighted by molar-refractivity contribution is 7.99. The van der Waals surface area contributed by atoms with Crippen LogP contribution in [0.15, 0.2) is 4.99 Å². The number of thioether (sulfide) groups is 1. The molecule has 1 aliphatic heterocycles. The molecule has 2 atom stereocenters. The van der Waals surface area contributed by atoms with Gasteiger partial charge in [0.15, 0.2) is 5.96 Å². The van der Waals surface area contributed by atoms with Crippen molar-refractivity contribution >= 4 is 17.7 Å². The van der Waals surface area contributed by atoms with E-state index < -0.39 is 0 Å². The smallest absolute Gasteiger partial charge is 0.191 e. The summed E-state index contributed by atoms with van der Waals surface area (Å²) in [4.78, 5) is 4.35. The maximum atomic E-state index is 5.75. The molecule has 2 fully saturated rings. The summed E-state index contributed by atoms with van der Waals surface area (Å²) in [6, 6.07) is 0.543. The van der Waals surface area contributed by atoms with E-state index in [0.717, 1.165) is 43.8 Å². The maximum absolute atomic E-state index is 5.75. The fraction of sp³-hybridized carbons (Fsp3) is 0.933. The highest BCUT2D eigenvalue weighted by Crippen LogP contribution is 2.28. The summed E-state index contributed by atoms with van der Waals surface area (Å²) < 4.78 is 11.2. The van der Waals surface area contributed by atoms with E-state index >= 15 is 0 Å². The quantitative estimate of drug-likeness (QED) is 0.596. The van der Waals surface area contributed by atoms with E-state index in [2.05, 4.69) is 21.9 Å². The Morgan fingerprint density at radius 3 is 2.71 bits per heavy atom. The van der Waals surface area contributed by atoms with Crippen molar-refractivity contribution in [3.8, 4) is 0 Å². The molecule has 2 N–H and O–H groups in total. The molecule has 2 unspecified atom stereocenters. The highest BCUT2D eigenvalue weighted by Gasteiger charge is 2.33. The number of nitrogens with zero attached hydrogens (tertiary/aromatic N) is 1. The van der Waals surface area contributed by atoms with Crippen LogP contribution in [0.25, 0.3) is 0 Å². The lowest BCUT2D eigenvalue weighted by molar-refractivity contribution is -0.0855. The maximum Gasteiger partial charge on any atom is 0.191 e. The Hall–Kier alpha value is -0.460. The summed E-state index contributed by atoms with van der Waals surface area (Å²) in [6.07, 6.45) is 7.83. The third-order valence-electron chi connectivity index (χ3n) is 4.70. The Kier molecular flexibility index (Phi) is 6.64. The largest absolute Gasteiger partial charge is 0.381 e. The van der Waals surface area contributed by atoms with Crippen LogP contribution in [0, 0.1) is 0 Å². The number of rotatable bonds is 5. The van der Waals surface area contributed by atoms with Crippen LogP contribution >= 0.6 is 11.8 Å². The molecule has 1 heterocycles. The lowest BCUT2D eigenvalue weighted by Crippen LogP contribution is -2.52. The van der Waals surface area contributed by atoms with Gasteiger partial charge in [-0.15, -0.1) is 0 Å². The minimum Gasteiger partial charge on any atom is -0.381 e. The predicted octanol–water partition coefficient (Wildman–Crippen LogP) is 1.63. The van der Waals surface area contributed by atoms with Gasteiger partial charge in [0.05, 0.1) is 5.60 Å². The second kappa shape index (κ2) is 8.25. The Balaban J connectivity index is 1.79. The van der Waals surface area contributed by atoms with Crippen LogP contribution in [0.4, 0.5) is 0 Å². The van der Waals surface area contributed by atoms with Gasteiger partial charge in [0.2, 0.25) is 0 Å². The first-order chi connectivity index (χ1) is 10.2. The molecule has 0 aromatic rings. The van der Waals surface area contributed by atoms with Crippen LogP contribution in [0.2, 0.25) is 0 Å². The predicted molar refractivity (Wildman–Crippen MR) is 89.2 cm³/mol. The van der Waals surface area contributed by atoms with Crippen LogP contribution in [0.3, 0.4) is 0 Å². The Morgan fingerprint density at radius 1 is 1.38 bits per heavy atom. The van der Waals surface area contributed by atoms with E-state index in [-0.39, 0.29) is 5.60 Å². The summed E-state index contributed by atoms with van der Waals surface area (Å²) in [7, 11) is 3.63. The normalized spacial score (nSPS) is 29.4. The molecular weight excluding hydrogens is 286 g/mol. The van der Waals surface area contributed by atoms with Gasteiger partial charge in [-0.25, -0.2) is 0 Å². The molecule has 0 bridgehead atoms. The van der Waals surface area contributed by atoms with Gasteiger partial charge in [-0.1, -0.05) is 0 Å². The number of nitrogens with one attached hydrogen (secondary N) is 2. The lowest BCUT2D eigenvalue weighted by Gasteiger charge is -2.36. The van der Waals surface area contributed by atoms with Crippen molar-refractivity contribution in [2.75, 3.05) is 40.2 Å². The second-order valence-corrected chi connectivity index (χ2v) is 7.08. The van der Waals surface area contributed by atoms with Gasteiger partial charge in [-0.2, -0.15) is 11.8 Å². The third-order valence-corrected chi connectivity index (χ3v) is 5.79. The third kappa shape index (κ3) is 4.76. The van der Waals surface area contributed by atoms with Crippen LogP contribution in [0.5, 0.6) is 0 Å². The molecule has 1 aliphatic carbocycles. The van der Waals surface area contributed by atoms with E-state index in [1.165, 1.54) is 19.3 Å². The Bertz CT molecular complexity index is 346. The average molecular weight is 315 g/mol. The molecule has 0 amide bonds. The lowest BCUT2D eigenvalue weighted by atomic mass is 9.94. The van der Waals surface area contributed by atoms with Crippen molar-refractivity contribution < 1.29 is 9.47 Å². The molecular formula is C15H29N3O2S. The number of aliphatic imine (C=N–C) groups is 1. The molecule has 0 aromatic carbocycles. The molecule has 6 heteroatoms. The summed E-state index contributed by atoms with van der Waals surface area (Å²) in [5.41, 5.74) is -0.118. The summed E-state index contributed by atoms with van der Waals surface area (Å²) >= 11 is 1.98. The minimum atomic E-state index is -0.118. The first kappa shape index (κ1) is 16.9. The van der Waals surface area contributed by atoms with Gasteiger partial charge in [0.25, 0.3) is 0 Å². The Morgan fingerprint density at radius 2 is 2.14 bits per heavy atom. The zero-order valence-corrected chi connectivity index (χ0v) is 14.3. The van der Waals surface area contributed by atoms with Crippen LogP contribution in [0.1, 0.15) is 32.1 Å². The van der Waals surface area contributed by atoms with E-state index in [4.69, 9.17) is 9.47 Å². The fourth-order valence-electron chi connectivity index (χ4n) is 3.11. The van der Waals surface area contributed by atoms with Gasteiger partial charge >= 0.3 is 0 Å². The number of methoxy groups -OCH3 is 1. The molecule has 1 saturated heterocycles. The molecule has 0 aromatic heterocycles. The van der Waals surface area contributed by atoms with Gasteiger partial charge in [-0.05, 0) is 25.5 Å². The molecule has 0 radical (unpaired) electrons. The van der Waals surface area contributed by atoms with E-state index in [9.17, 15) is 0 Å². The number of ether oxygens (including phenoxy) is 2. The van der Waals surface area contributed by atoms with Gasteiger partial charge < -0.3 is 20.1 Å². The zero-order valence-electron chi connectivity index (χ0n) is 13.5. The van der Waals surface area contributed by atoms with Crippen molar-refractivity contribution in [2.24, 2.45) is 4.99 Å². The standard InChI is InChI=1S/C15H29N3O2S/c1-16-14(18-12-4-5-13(10-12)21-3)17-11-15(19-2)6-8-20-9-7-15/h12-13H,4-11H2,1-3H3,(H2,16,17,18). The van der Waals surface area contributed by atoms with E-state index in [1.54, 1.807) is 7.11 Å². The van der Waals surface area contributed by atoms with Crippen molar-refractivity contribution in [3.05, 3.63) is 0 Å². The highest BCUT2D eigenvalue weighted by atomic mass is 32.2. The van der Waals surface area contributed by atoms with Crippen LogP contribution in [-0.2, 0) is 9.47 Å².